The highest BCUT2D eigenvalue weighted by Crippen LogP contribution is 2.39. The number of rotatable bonds is 3. The molecule has 1 heterocycles. The zero-order chi connectivity index (χ0) is 15.9. The van der Waals surface area contributed by atoms with Crippen LogP contribution in [0.5, 0.6) is 0 Å². The first kappa shape index (κ1) is 18.2. The fraction of sp³-hybridized carbons (Fsp3) is 0.533. The quantitative estimate of drug-likeness (QED) is 0.819. The molecule has 3 unspecified atom stereocenters. The van der Waals surface area contributed by atoms with Gasteiger partial charge in [0.2, 0.25) is 10.0 Å². The zero-order valence-electron chi connectivity index (χ0n) is 12.8. The van der Waals surface area contributed by atoms with Gasteiger partial charge in [0.25, 0.3) is 0 Å². The number of fused-ring (bicyclic) bond motifs is 1. The van der Waals surface area contributed by atoms with E-state index >= 15 is 0 Å². The monoisotopic (exact) mass is 360 g/mol. The number of nitrogens with zero attached hydrogens (tertiary/aromatic N) is 1. The van der Waals surface area contributed by atoms with Crippen molar-refractivity contribution in [2.45, 2.75) is 23.8 Å². The van der Waals surface area contributed by atoms with Gasteiger partial charge in [-0.25, -0.2) is 13.2 Å². The smallest absolute Gasteiger partial charge is 0.337 e. The number of nitrogens with two attached hydrogens (primary N) is 1. The Balaban J connectivity index is 0.00000192. The second-order valence-electron chi connectivity index (χ2n) is 6.00. The van der Waals surface area contributed by atoms with Gasteiger partial charge < -0.3 is 10.5 Å². The van der Waals surface area contributed by atoms with E-state index in [1.54, 1.807) is 0 Å². The molecule has 1 aromatic rings. The summed E-state index contributed by atoms with van der Waals surface area (Å²) in [6, 6.07) is 5.96. The Morgan fingerprint density at radius 2 is 1.87 bits per heavy atom. The zero-order valence-corrected chi connectivity index (χ0v) is 14.5. The van der Waals surface area contributed by atoms with Crippen LogP contribution in [0.4, 0.5) is 0 Å². The summed E-state index contributed by atoms with van der Waals surface area (Å²) in [5, 5.41) is 0. The molecule has 2 aliphatic rings. The molecular formula is C15H21ClN2O4S. The molecule has 3 atom stereocenters. The Bertz CT molecular complexity index is 677. The maximum absolute atomic E-state index is 12.7. The minimum absolute atomic E-state index is 0. The van der Waals surface area contributed by atoms with Crippen LogP contribution in [0.3, 0.4) is 0 Å². The van der Waals surface area contributed by atoms with Crippen LogP contribution >= 0.6 is 12.4 Å². The average Bonchev–Trinajstić information content (AvgIpc) is 3.09. The minimum atomic E-state index is -3.53. The van der Waals surface area contributed by atoms with Gasteiger partial charge in [0.05, 0.1) is 17.6 Å². The molecule has 1 aromatic carbocycles. The van der Waals surface area contributed by atoms with Crippen LogP contribution in [0.2, 0.25) is 0 Å². The van der Waals surface area contributed by atoms with Gasteiger partial charge in [-0.2, -0.15) is 4.31 Å². The molecule has 1 aliphatic heterocycles. The molecule has 0 aromatic heterocycles. The molecule has 2 fully saturated rings. The summed E-state index contributed by atoms with van der Waals surface area (Å²) in [5.74, 6) is 0.161. The molecule has 0 spiro atoms. The average molecular weight is 361 g/mol. The number of hydrogen-bond acceptors (Lipinski definition) is 5. The highest BCUT2D eigenvalue weighted by atomic mass is 35.5. The number of sulfonamides is 1. The molecule has 8 heteroatoms. The first-order valence-corrected chi connectivity index (χ1v) is 8.81. The van der Waals surface area contributed by atoms with Gasteiger partial charge in [-0.05, 0) is 48.9 Å². The van der Waals surface area contributed by atoms with E-state index in [1.165, 1.54) is 35.7 Å². The molecule has 0 bridgehead atoms. The largest absolute Gasteiger partial charge is 0.465 e. The van der Waals surface area contributed by atoms with Crippen LogP contribution in [0.1, 0.15) is 23.2 Å². The number of carbonyl (C=O) groups is 1. The third kappa shape index (κ3) is 3.24. The van der Waals surface area contributed by atoms with Gasteiger partial charge in [0, 0.05) is 19.1 Å². The van der Waals surface area contributed by atoms with Crippen LogP contribution < -0.4 is 5.73 Å². The predicted molar refractivity (Wildman–Crippen MR) is 88.0 cm³/mol. The van der Waals surface area contributed by atoms with E-state index in [0.29, 0.717) is 24.6 Å². The van der Waals surface area contributed by atoms with Crippen molar-refractivity contribution >= 4 is 28.4 Å². The first-order valence-electron chi connectivity index (χ1n) is 7.37. The summed E-state index contributed by atoms with van der Waals surface area (Å²) in [7, 11) is -2.24. The molecule has 1 saturated heterocycles. The van der Waals surface area contributed by atoms with Gasteiger partial charge in [0.1, 0.15) is 0 Å². The number of hydrogen-bond donors (Lipinski definition) is 1. The number of esters is 1. The highest BCUT2D eigenvalue weighted by Gasteiger charge is 2.45. The molecular weight excluding hydrogens is 340 g/mol. The van der Waals surface area contributed by atoms with Crippen molar-refractivity contribution < 1.29 is 17.9 Å². The molecule has 1 aliphatic carbocycles. The van der Waals surface area contributed by atoms with Gasteiger partial charge in [0.15, 0.2) is 0 Å². The van der Waals surface area contributed by atoms with Crippen LogP contribution in [0.25, 0.3) is 0 Å². The van der Waals surface area contributed by atoms with Gasteiger partial charge in [-0.3, -0.25) is 0 Å². The molecule has 0 amide bonds. The summed E-state index contributed by atoms with van der Waals surface area (Å²) in [6.07, 6.45) is 1.98. The lowest BCUT2D eigenvalue weighted by Gasteiger charge is -2.18. The van der Waals surface area contributed by atoms with Crippen molar-refractivity contribution in [3.63, 3.8) is 0 Å². The van der Waals surface area contributed by atoms with Crippen molar-refractivity contribution in [3.8, 4) is 0 Å². The van der Waals surface area contributed by atoms with Crippen molar-refractivity contribution in [3.05, 3.63) is 29.8 Å². The van der Waals surface area contributed by atoms with E-state index in [1.807, 2.05) is 0 Å². The fourth-order valence-corrected chi connectivity index (χ4v) is 5.03. The molecule has 3 rings (SSSR count). The maximum Gasteiger partial charge on any atom is 0.337 e. The SMILES string of the molecule is COC(=O)c1ccc(S(=O)(=O)N2CC3CCC(N)C3C2)cc1.Cl. The van der Waals surface area contributed by atoms with Gasteiger partial charge >= 0.3 is 5.97 Å². The predicted octanol–water partition coefficient (Wildman–Crippen LogP) is 1.25. The number of benzene rings is 1. The second kappa shape index (κ2) is 6.76. The van der Waals surface area contributed by atoms with Crippen LogP contribution in [-0.2, 0) is 14.8 Å². The Labute approximate surface area is 142 Å². The molecule has 0 radical (unpaired) electrons. The Morgan fingerprint density at radius 1 is 1.22 bits per heavy atom. The Kier molecular flexibility index (Phi) is 5.35. The molecule has 1 saturated carbocycles. The minimum Gasteiger partial charge on any atom is -0.465 e. The lowest BCUT2D eigenvalue weighted by Crippen LogP contribution is -2.33. The third-order valence-electron chi connectivity index (χ3n) is 4.79. The van der Waals surface area contributed by atoms with E-state index < -0.39 is 16.0 Å². The highest BCUT2D eigenvalue weighted by molar-refractivity contribution is 7.89. The summed E-state index contributed by atoms with van der Waals surface area (Å²) >= 11 is 0. The van der Waals surface area contributed by atoms with Crippen LogP contribution in [0.15, 0.2) is 29.2 Å². The van der Waals surface area contributed by atoms with Crippen LogP contribution in [-0.4, -0.2) is 44.9 Å². The summed E-state index contributed by atoms with van der Waals surface area (Å²) in [4.78, 5) is 11.6. The molecule has 23 heavy (non-hydrogen) atoms. The standard InChI is InChI=1S/C15H20N2O4S.ClH/c1-21-15(18)10-2-5-12(6-3-10)22(19,20)17-8-11-4-7-14(16)13(11)9-17;/h2-3,5-6,11,13-14H,4,7-9,16H2,1H3;1H. The second-order valence-corrected chi connectivity index (χ2v) is 7.94. The number of methoxy groups -OCH3 is 1. The van der Waals surface area contributed by atoms with E-state index in [-0.39, 0.29) is 29.3 Å². The number of halogens is 1. The summed E-state index contributed by atoms with van der Waals surface area (Å²) < 4.78 is 31.5. The summed E-state index contributed by atoms with van der Waals surface area (Å²) in [5.41, 5.74) is 6.39. The van der Waals surface area contributed by atoms with E-state index in [9.17, 15) is 13.2 Å². The third-order valence-corrected chi connectivity index (χ3v) is 6.64. The molecule has 128 valence electrons. The van der Waals surface area contributed by atoms with Crippen molar-refractivity contribution in [1.29, 1.82) is 0 Å². The fourth-order valence-electron chi connectivity index (χ4n) is 3.49. The van der Waals surface area contributed by atoms with E-state index in [4.69, 9.17) is 5.73 Å². The molecule has 6 nitrogen and oxygen atoms in total. The Hall–Kier alpha value is -1.15. The van der Waals surface area contributed by atoms with Crippen LogP contribution in [0, 0.1) is 11.8 Å². The van der Waals surface area contributed by atoms with Crippen molar-refractivity contribution in [2.24, 2.45) is 17.6 Å². The number of carbonyl (C=O) groups excluding carboxylic acids is 1. The van der Waals surface area contributed by atoms with E-state index in [0.717, 1.165) is 12.8 Å². The van der Waals surface area contributed by atoms with Crippen molar-refractivity contribution in [2.75, 3.05) is 20.2 Å². The topological polar surface area (TPSA) is 89.7 Å². The Morgan fingerprint density at radius 3 is 2.43 bits per heavy atom. The normalized spacial score (nSPS) is 27.3. The maximum atomic E-state index is 12.7. The first-order chi connectivity index (χ1) is 10.4. The van der Waals surface area contributed by atoms with Gasteiger partial charge in [-0.15, -0.1) is 12.4 Å². The lowest BCUT2D eigenvalue weighted by molar-refractivity contribution is 0.0600. The number of ether oxygens (including phenoxy) is 1. The van der Waals surface area contributed by atoms with Crippen molar-refractivity contribution in [1.82, 2.24) is 4.31 Å². The van der Waals surface area contributed by atoms with Gasteiger partial charge in [-0.1, -0.05) is 0 Å². The summed E-state index contributed by atoms with van der Waals surface area (Å²) in [6.45, 7) is 1.03. The van der Waals surface area contributed by atoms with E-state index in [2.05, 4.69) is 4.74 Å². The molecule has 2 N–H and O–H groups in total. The lowest BCUT2D eigenvalue weighted by atomic mass is 9.98.